The normalized spacial score (nSPS) is 17.9. The van der Waals surface area contributed by atoms with Crippen LogP contribution in [-0.2, 0) is 6.54 Å². The van der Waals surface area contributed by atoms with Crippen LogP contribution in [0.2, 0.25) is 0 Å². The van der Waals surface area contributed by atoms with Crippen LogP contribution in [0, 0.1) is 0 Å². The van der Waals surface area contributed by atoms with Gasteiger partial charge in [0.15, 0.2) is 5.96 Å². The zero-order valence-corrected chi connectivity index (χ0v) is 14.8. The van der Waals surface area contributed by atoms with E-state index in [9.17, 15) is 0 Å². The first kappa shape index (κ1) is 16.8. The van der Waals surface area contributed by atoms with Crippen molar-refractivity contribution in [2.75, 3.05) is 18.8 Å². The Morgan fingerprint density at radius 2 is 2.38 bits per heavy atom. The summed E-state index contributed by atoms with van der Waals surface area (Å²) in [7, 11) is 0. The maximum atomic E-state index is 4.70. The molecule has 0 spiro atoms. The van der Waals surface area contributed by atoms with Gasteiger partial charge in [-0.1, -0.05) is 0 Å². The van der Waals surface area contributed by atoms with Gasteiger partial charge in [0.1, 0.15) is 12.1 Å². The molecule has 7 heteroatoms. The van der Waals surface area contributed by atoms with Gasteiger partial charge >= 0.3 is 0 Å². The van der Waals surface area contributed by atoms with Gasteiger partial charge in [-0.3, -0.25) is 4.57 Å². The first-order valence-electron chi connectivity index (χ1n) is 8.42. The van der Waals surface area contributed by atoms with E-state index in [0.29, 0.717) is 11.8 Å². The van der Waals surface area contributed by atoms with Crippen molar-refractivity contribution < 1.29 is 0 Å². The van der Waals surface area contributed by atoms with Gasteiger partial charge in [-0.15, -0.1) is 0 Å². The lowest BCUT2D eigenvalue weighted by Gasteiger charge is -2.14. The summed E-state index contributed by atoms with van der Waals surface area (Å²) in [6, 6.07) is 4.04. The fourth-order valence-corrected chi connectivity index (χ4v) is 3.82. The molecule has 1 atom stereocenters. The molecular weight excluding hydrogens is 320 g/mol. The Bertz CT molecular complexity index is 649. The maximum Gasteiger partial charge on any atom is 0.191 e. The van der Waals surface area contributed by atoms with Crippen molar-refractivity contribution in [2.45, 2.75) is 31.6 Å². The van der Waals surface area contributed by atoms with Gasteiger partial charge in [0.2, 0.25) is 0 Å². The molecule has 1 saturated heterocycles. The van der Waals surface area contributed by atoms with Crippen LogP contribution in [0.3, 0.4) is 0 Å². The van der Waals surface area contributed by atoms with Crippen molar-refractivity contribution in [1.29, 1.82) is 0 Å². The molecule has 2 N–H and O–H groups in total. The summed E-state index contributed by atoms with van der Waals surface area (Å²) in [6.07, 6.45) is 9.84. The van der Waals surface area contributed by atoms with Crippen LogP contribution < -0.4 is 10.6 Å². The average molecular weight is 344 g/mol. The molecule has 0 saturated carbocycles. The Labute approximate surface area is 147 Å². The molecule has 1 aliphatic rings. The zero-order chi connectivity index (χ0) is 16.6. The largest absolute Gasteiger partial charge is 0.357 e. The number of hydrogen-bond acceptors (Lipinski definition) is 4. The first-order chi connectivity index (χ1) is 11.8. The molecular formula is C17H24N6S. The minimum absolute atomic E-state index is 0.622. The number of hydrogen-bond donors (Lipinski definition) is 2. The van der Waals surface area contributed by atoms with Crippen molar-refractivity contribution in [3.05, 3.63) is 42.6 Å². The smallest absolute Gasteiger partial charge is 0.191 e. The summed E-state index contributed by atoms with van der Waals surface area (Å²) in [6.45, 7) is 4.55. The van der Waals surface area contributed by atoms with Crippen LogP contribution in [0.5, 0.6) is 0 Å². The third-order valence-electron chi connectivity index (χ3n) is 3.86. The first-order valence-corrected chi connectivity index (χ1v) is 9.47. The molecule has 0 amide bonds. The molecule has 1 unspecified atom stereocenters. The summed E-state index contributed by atoms with van der Waals surface area (Å²) in [5.41, 5.74) is 1.13. The number of pyridine rings is 1. The van der Waals surface area contributed by atoms with Gasteiger partial charge in [0.05, 0.1) is 6.54 Å². The van der Waals surface area contributed by atoms with Gasteiger partial charge in [0, 0.05) is 36.9 Å². The predicted octanol–water partition coefficient (Wildman–Crippen LogP) is 2.22. The van der Waals surface area contributed by atoms with Crippen LogP contribution >= 0.6 is 11.8 Å². The van der Waals surface area contributed by atoms with E-state index in [-0.39, 0.29) is 0 Å². The Kier molecular flexibility index (Phi) is 6.12. The molecule has 1 fully saturated rings. The summed E-state index contributed by atoms with van der Waals surface area (Å²) in [5, 5.41) is 7.49. The Morgan fingerprint density at radius 1 is 1.42 bits per heavy atom. The van der Waals surface area contributed by atoms with Crippen LogP contribution in [0.15, 0.2) is 42.0 Å². The van der Waals surface area contributed by atoms with Crippen molar-refractivity contribution >= 4 is 17.7 Å². The molecule has 3 rings (SSSR count). The molecule has 0 radical (unpaired) electrons. The van der Waals surface area contributed by atoms with E-state index in [1.54, 1.807) is 12.5 Å². The Morgan fingerprint density at radius 3 is 3.12 bits per heavy atom. The fraction of sp³-hybridized carbons (Fsp3) is 0.471. The molecule has 0 bridgehead atoms. The maximum absolute atomic E-state index is 4.70. The third kappa shape index (κ3) is 4.74. The van der Waals surface area contributed by atoms with E-state index >= 15 is 0 Å². The van der Waals surface area contributed by atoms with Gasteiger partial charge in [-0.25, -0.2) is 15.0 Å². The molecule has 3 heterocycles. The molecule has 2 aromatic rings. The zero-order valence-electron chi connectivity index (χ0n) is 14.0. The third-order valence-corrected chi connectivity index (χ3v) is 5.26. The van der Waals surface area contributed by atoms with E-state index in [0.717, 1.165) is 30.4 Å². The lowest BCUT2D eigenvalue weighted by molar-refractivity contribution is 0.727. The molecule has 6 nitrogen and oxygen atoms in total. The number of thioether (sulfide) groups is 1. The lowest BCUT2D eigenvalue weighted by Crippen LogP contribution is -2.40. The second-order valence-electron chi connectivity index (χ2n) is 5.70. The molecule has 24 heavy (non-hydrogen) atoms. The number of aliphatic imine (C=N–C) groups is 1. The second kappa shape index (κ2) is 8.73. The highest BCUT2D eigenvalue weighted by Gasteiger charge is 2.15. The van der Waals surface area contributed by atoms with E-state index in [2.05, 4.69) is 39.3 Å². The second-order valence-corrected chi connectivity index (χ2v) is 7.11. The number of guanidine groups is 1. The Balaban J connectivity index is 1.61. The summed E-state index contributed by atoms with van der Waals surface area (Å²) >= 11 is 2.06. The van der Waals surface area contributed by atoms with E-state index in [1.807, 2.05) is 29.1 Å². The molecule has 128 valence electrons. The topological polar surface area (TPSA) is 67.1 Å². The highest BCUT2D eigenvalue weighted by atomic mass is 32.2. The molecule has 1 aliphatic heterocycles. The minimum atomic E-state index is 0.622. The van der Waals surface area contributed by atoms with Crippen LogP contribution in [0.1, 0.15) is 25.3 Å². The average Bonchev–Trinajstić information content (AvgIpc) is 3.31. The van der Waals surface area contributed by atoms with Crippen molar-refractivity contribution in [3.63, 3.8) is 0 Å². The van der Waals surface area contributed by atoms with Crippen molar-refractivity contribution in [2.24, 2.45) is 4.99 Å². The van der Waals surface area contributed by atoms with E-state index in [1.165, 1.54) is 18.6 Å². The number of aromatic nitrogens is 3. The summed E-state index contributed by atoms with van der Waals surface area (Å²) in [5.74, 6) is 3.03. The number of imidazole rings is 1. The fourth-order valence-electron chi connectivity index (χ4n) is 2.62. The quantitative estimate of drug-likeness (QED) is 0.621. The number of nitrogens with one attached hydrogen (secondary N) is 2. The number of nitrogens with zero attached hydrogens (tertiary/aromatic N) is 4. The van der Waals surface area contributed by atoms with E-state index < -0.39 is 0 Å². The number of rotatable bonds is 6. The van der Waals surface area contributed by atoms with Gasteiger partial charge in [0.25, 0.3) is 0 Å². The monoisotopic (exact) mass is 344 g/mol. The van der Waals surface area contributed by atoms with Gasteiger partial charge in [-0.2, -0.15) is 11.8 Å². The van der Waals surface area contributed by atoms with Crippen LogP contribution in [-0.4, -0.2) is 44.6 Å². The van der Waals surface area contributed by atoms with Crippen LogP contribution in [0.25, 0.3) is 5.82 Å². The highest BCUT2D eigenvalue weighted by molar-refractivity contribution is 8.00. The summed E-state index contributed by atoms with van der Waals surface area (Å²) in [4.78, 5) is 13.1. The molecule has 0 aromatic carbocycles. The SMILES string of the molecule is CCNC(=NCc1ccnc(-n2ccnc2)c1)NCC1CCCS1. The Hall–Kier alpha value is -2.02. The summed E-state index contributed by atoms with van der Waals surface area (Å²) < 4.78 is 1.90. The van der Waals surface area contributed by atoms with Gasteiger partial charge in [-0.05, 0) is 43.2 Å². The molecule has 2 aromatic heterocycles. The van der Waals surface area contributed by atoms with E-state index in [4.69, 9.17) is 4.99 Å². The standard InChI is InChI=1S/C17H24N6S/c1-2-19-17(22-12-15-4-3-9-24-15)21-11-14-5-6-20-16(10-14)23-8-7-18-13-23/h5-8,10,13,15H,2-4,9,11-12H2,1H3,(H2,19,21,22). The lowest BCUT2D eigenvalue weighted by atomic mass is 10.2. The predicted molar refractivity (Wildman–Crippen MR) is 99.7 cm³/mol. The molecule has 0 aliphatic carbocycles. The van der Waals surface area contributed by atoms with Gasteiger partial charge < -0.3 is 10.6 Å². The van der Waals surface area contributed by atoms with Crippen molar-refractivity contribution in [3.8, 4) is 5.82 Å². The van der Waals surface area contributed by atoms with Crippen LogP contribution in [0.4, 0.5) is 0 Å². The highest BCUT2D eigenvalue weighted by Crippen LogP contribution is 2.25. The minimum Gasteiger partial charge on any atom is -0.357 e. The van der Waals surface area contributed by atoms with Crippen molar-refractivity contribution in [1.82, 2.24) is 25.2 Å².